The molecule has 0 spiro atoms. The summed E-state index contributed by atoms with van der Waals surface area (Å²) in [5, 5.41) is 12.7. The highest BCUT2D eigenvalue weighted by molar-refractivity contribution is 4.74. The number of hydrogen-bond acceptors (Lipinski definition) is 2. The first-order valence-corrected chi connectivity index (χ1v) is 4.23. The predicted octanol–water partition coefficient (Wildman–Crippen LogP) is 0.757. The van der Waals surface area contributed by atoms with Gasteiger partial charge in [-0.25, -0.2) is 0 Å². The van der Waals surface area contributed by atoms with Gasteiger partial charge in [-0.05, 0) is 31.7 Å². The molecule has 2 atom stereocenters. The number of hydrogen-bond donors (Lipinski definition) is 2. The van der Waals surface area contributed by atoms with Crippen molar-refractivity contribution >= 4 is 0 Å². The molecule has 0 aromatic rings. The topological polar surface area (TPSA) is 32.3 Å². The van der Waals surface area contributed by atoms with Crippen LogP contribution in [0.3, 0.4) is 0 Å². The average molecular weight is 143 g/mol. The maximum absolute atomic E-state index is 9.44. The van der Waals surface area contributed by atoms with Gasteiger partial charge in [0, 0.05) is 6.54 Å². The van der Waals surface area contributed by atoms with Crippen LogP contribution in [0.1, 0.15) is 26.2 Å². The van der Waals surface area contributed by atoms with E-state index >= 15 is 0 Å². The van der Waals surface area contributed by atoms with Crippen LogP contribution >= 0.6 is 0 Å². The van der Waals surface area contributed by atoms with Crippen molar-refractivity contribution in [2.24, 2.45) is 5.92 Å². The molecule has 1 fully saturated rings. The molecule has 60 valence electrons. The zero-order valence-electron chi connectivity index (χ0n) is 6.64. The Hall–Kier alpha value is -0.0800. The smallest absolute Gasteiger partial charge is 0.0577 e. The lowest BCUT2D eigenvalue weighted by Gasteiger charge is -2.26. The van der Waals surface area contributed by atoms with E-state index in [2.05, 4.69) is 5.32 Å². The molecule has 1 aliphatic rings. The Morgan fingerprint density at radius 3 is 3.00 bits per heavy atom. The quantitative estimate of drug-likeness (QED) is 0.598. The lowest BCUT2D eigenvalue weighted by molar-refractivity contribution is 0.0886. The summed E-state index contributed by atoms with van der Waals surface area (Å²) in [6.07, 6.45) is 3.24. The van der Waals surface area contributed by atoms with Gasteiger partial charge in [0.05, 0.1) is 6.10 Å². The first-order chi connectivity index (χ1) is 4.84. The minimum Gasteiger partial charge on any atom is -0.393 e. The summed E-state index contributed by atoms with van der Waals surface area (Å²) in [6, 6.07) is 0. The molecule has 1 saturated heterocycles. The van der Waals surface area contributed by atoms with Gasteiger partial charge in [0.15, 0.2) is 0 Å². The van der Waals surface area contributed by atoms with Gasteiger partial charge in [-0.3, -0.25) is 0 Å². The Morgan fingerprint density at radius 2 is 2.50 bits per heavy atom. The van der Waals surface area contributed by atoms with Crippen LogP contribution in [0, 0.1) is 5.92 Å². The van der Waals surface area contributed by atoms with Crippen molar-refractivity contribution in [3.05, 3.63) is 0 Å². The van der Waals surface area contributed by atoms with E-state index in [0.29, 0.717) is 5.92 Å². The fourth-order valence-electron chi connectivity index (χ4n) is 1.54. The largest absolute Gasteiger partial charge is 0.393 e. The van der Waals surface area contributed by atoms with Gasteiger partial charge in [-0.15, -0.1) is 0 Å². The van der Waals surface area contributed by atoms with Gasteiger partial charge < -0.3 is 10.4 Å². The van der Waals surface area contributed by atoms with Crippen molar-refractivity contribution in [3.8, 4) is 0 Å². The second kappa shape index (κ2) is 3.94. The second-order valence-corrected chi connectivity index (χ2v) is 3.08. The second-order valence-electron chi connectivity index (χ2n) is 3.08. The van der Waals surface area contributed by atoms with E-state index in [4.69, 9.17) is 0 Å². The van der Waals surface area contributed by atoms with Gasteiger partial charge in [0.25, 0.3) is 0 Å². The van der Waals surface area contributed by atoms with E-state index in [0.717, 1.165) is 19.5 Å². The SMILES string of the molecule is CC[C@H](O)[C@H]1CCCNC1. The maximum Gasteiger partial charge on any atom is 0.0577 e. The van der Waals surface area contributed by atoms with Crippen LogP contribution in [-0.4, -0.2) is 24.3 Å². The Labute approximate surface area is 62.6 Å². The van der Waals surface area contributed by atoms with E-state index in [1.807, 2.05) is 6.92 Å². The lowest BCUT2D eigenvalue weighted by atomic mass is 9.92. The van der Waals surface area contributed by atoms with Crippen molar-refractivity contribution in [1.82, 2.24) is 5.32 Å². The molecule has 0 aromatic heterocycles. The van der Waals surface area contributed by atoms with Gasteiger partial charge in [0.2, 0.25) is 0 Å². The number of piperidine rings is 1. The highest BCUT2D eigenvalue weighted by Gasteiger charge is 2.19. The van der Waals surface area contributed by atoms with Crippen LogP contribution < -0.4 is 5.32 Å². The highest BCUT2D eigenvalue weighted by atomic mass is 16.3. The number of aliphatic hydroxyl groups is 1. The van der Waals surface area contributed by atoms with Gasteiger partial charge in [0.1, 0.15) is 0 Å². The minimum absolute atomic E-state index is 0.0761. The number of rotatable bonds is 2. The van der Waals surface area contributed by atoms with Crippen molar-refractivity contribution in [2.75, 3.05) is 13.1 Å². The van der Waals surface area contributed by atoms with Crippen LogP contribution in [0.5, 0.6) is 0 Å². The molecular weight excluding hydrogens is 126 g/mol. The predicted molar refractivity (Wildman–Crippen MR) is 41.9 cm³/mol. The summed E-state index contributed by atoms with van der Waals surface area (Å²) in [5.74, 6) is 0.513. The van der Waals surface area contributed by atoms with Gasteiger partial charge in [-0.1, -0.05) is 6.92 Å². The van der Waals surface area contributed by atoms with Crippen molar-refractivity contribution in [1.29, 1.82) is 0 Å². The van der Waals surface area contributed by atoms with E-state index in [-0.39, 0.29) is 6.10 Å². The van der Waals surface area contributed by atoms with Crippen LogP contribution in [-0.2, 0) is 0 Å². The van der Waals surface area contributed by atoms with E-state index in [1.165, 1.54) is 12.8 Å². The molecule has 1 rings (SSSR count). The molecule has 0 bridgehead atoms. The molecule has 2 heteroatoms. The third-order valence-corrected chi connectivity index (χ3v) is 2.30. The number of nitrogens with one attached hydrogen (secondary N) is 1. The average Bonchev–Trinajstić information content (AvgIpc) is 2.05. The van der Waals surface area contributed by atoms with Crippen LogP contribution in [0.25, 0.3) is 0 Å². The number of aliphatic hydroxyl groups excluding tert-OH is 1. The summed E-state index contributed by atoms with van der Waals surface area (Å²) in [7, 11) is 0. The standard InChI is InChI=1S/C8H17NO/c1-2-8(10)7-4-3-5-9-6-7/h7-10H,2-6H2,1H3/t7-,8-/m0/s1. The molecule has 0 radical (unpaired) electrons. The first kappa shape index (κ1) is 8.02. The van der Waals surface area contributed by atoms with E-state index < -0.39 is 0 Å². The molecule has 0 aliphatic carbocycles. The molecule has 1 heterocycles. The summed E-state index contributed by atoms with van der Waals surface area (Å²) >= 11 is 0. The molecular formula is C8H17NO. The van der Waals surface area contributed by atoms with Crippen LogP contribution in [0.2, 0.25) is 0 Å². The fraction of sp³-hybridized carbons (Fsp3) is 1.00. The molecule has 0 amide bonds. The Kier molecular flexibility index (Phi) is 3.16. The van der Waals surface area contributed by atoms with Crippen molar-refractivity contribution in [2.45, 2.75) is 32.3 Å². The molecule has 1 aliphatic heterocycles. The van der Waals surface area contributed by atoms with Crippen molar-refractivity contribution < 1.29 is 5.11 Å². The summed E-state index contributed by atoms with van der Waals surface area (Å²) < 4.78 is 0. The van der Waals surface area contributed by atoms with E-state index in [9.17, 15) is 5.11 Å². The molecule has 0 saturated carbocycles. The van der Waals surface area contributed by atoms with Crippen LogP contribution in [0.15, 0.2) is 0 Å². The molecule has 2 nitrogen and oxygen atoms in total. The lowest BCUT2D eigenvalue weighted by Crippen LogP contribution is -2.36. The first-order valence-electron chi connectivity index (χ1n) is 4.23. The van der Waals surface area contributed by atoms with Gasteiger partial charge in [-0.2, -0.15) is 0 Å². The van der Waals surface area contributed by atoms with Gasteiger partial charge >= 0.3 is 0 Å². The van der Waals surface area contributed by atoms with E-state index in [1.54, 1.807) is 0 Å². The minimum atomic E-state index is -0.0761. The Bertz CT molecular complexity index is 89.3. The summed E-state index contributed by atoms with van der Waals surface area (Å²) in [6.45, 7) is 4.18. The van der Waals surface area contributed by atoms with Crippen molar-refractivity contribution in [3.63, 3.8) is 0 Å². The normalized spacial score (nSPS) is 30.0. The summed E-state index contributed by atoms with van der Waals surface area (Å²) in [4.78, 5) is 0. The molecule has 10 heavy (non-hydrogen) atoms. The summed E-state index contributed by atoms with van der Waals surface area (Å²) in [5.41, 5.74) is 0. The third-order valence-electron chi connectivity index (χ3n) is 2.30. The molecule has 0 unspecified atom stereocenters. The highest BCUT2D eigenvalue weighted by Crippen LogP contribution is 2.15. The zero-order valence-corrected chi connectivity index (χ0v) is 6.64. The maximum atomic E-state index is 9.44. The fourth-order valence-corrected chi connectivity index (χ4v) is 1.54. The van der Waals surface area contributed by atoms with Crippen LogP contribution in [0.4, 0.5) is 0 Å². The monoisotopic (exact) mass is 143 g/mol. The Balaban J connectivity index is 2.24. The molecule has 2 N–H and O–H groups in total. The zero-order chi connectivity index (χ0) is 7.40. The Morgan fingerprint density at radius 1 is 1.70 bits per heavy atom. The third kappa shape index (κ3) is 1.96. The molecule has 0 aromatic carbocycles.